The van der Waals surface area contributed by atoms with Crippen molar-refractivity contribution in [2.24, 2.45) is 5.92 Å². The van der Waals surface area contributed by atoms with Gasteiger partial charge in [-0.15, -0.1) is 0 Å². The van der Waals surface area contributed by atoms with E-state index in [1.807, 2.05) is 47.0 Å². The van der Waals surface area contributed by atoms with E-state index in [0.29, 0.717) is 39.1 Å². The maximum Gasteiger partial charge on any atom is 0.156 e. The third-order valence-corrected chi connectivity index (χ3v) is 7.16. The summed E-state index contributed by atoms with van der Waals surface area (Å²) in [6.07, 6.45) is 3.92. The second-order valence-electron chi connectivity index (χ2n) is 11.0. The maximum absolute atomic E-state index is 15.4. The number of nitrogens with zero attached hydrogens (tertiary/aromatic N) is 5. The summed E-state index contributed by atoms with van der Waals surface area (Å²) in [5, 5.41) is 14.9. The zero-order valence-corrected chi connectivity index (χ0v) is 22.6. The van der Waals surface area contributed by atoms with Gasteiger partial charge in [0, 0.05) is 48.9 Å². The third kappa shape index (κ3) is 5.35. The van der Waals surface area contributed by atoms with Crippen molar-refractivity contribution >= 4 is 39.0 Å². The summed E-state index contributed by atoms with van der Waals surface area (Å²) in [5.74, 6) is 0.872. The Bertz CT molecular complexity index is 1450. The Morgan fingerprint density at radius 2 is 2.00 bits per heavy atom. The van der Waals surface area contributed by atoms with Gasteiger partial charge in [-0.05, 0) is 71.6 Å². The van der Waals surface area contributed by atoms with Crippen LogP contribution in [-0.4, -0.2) is 70.4 Å². The number of aliphatic hydroxyl groups is 1. The Morgan fingerprint density at radius 1 is 1.18 bits per heavy atom. The Morgan fingerprint density at radius 3 is 2.74 bits per heavy atom. The first-order valence-electron chi connectivity index (χ1n) is 13.0. The molecule has 5 rings (SSSR count). The van der Waals surface area contributed by atoms with Crippen LogP contribution in [0.2, 0.25) is 0 Å². The molecule has 0 bridgehead atoms. The van der Waals surface area contributed by atoms with E-state index in [1.165, 1.54) is 6.33 Å². The van der Waals surface area contributed by atoms with Crippen molar-refractivity contribution < 1.29 is 14.2 Å². The highest BCUT2D eigenvalue weighted by atomic mass is 19.1. The molecule has 9 heteroatoms. The maximum atomic E-state index is 15.4. The number of anilines is 3. The minimum atomic E-state index is -0.746. The Kier molecular flexibility index (Phi) is 7.07. The molecule has 0 saturated carbocycles. The van der Waals surface area contributed by atoms with Gasteiger partial charge in [0.05, 0.1) is 27.7 Å². The molecular weight excluding hydrogens is 483 g/mol. The van der Waals surface area contributed by atoms with Crippen molar-refractivity contribution in [1.29, 1.82) is 0 Å². The lowest BCUT2D eigenvalue weighted by Crippen LogP contribution is -2.33. The van der Waals surface area contributed by atoms with Crippen LogP contribution in [0.25, 0.3) is 21.8 Å². The molecule has 3 heterocycles. The SMILES string of the molecule is C[C@H](CN(C)C)Oc1cc(N2CCC(C(C)(C)O)C2)cc2ncnc(Nc3ccc4ncccc4c3F)c12. The minimum absolute atomic E-state index is 0.109. The van der Waals surface area contributed by atoms with Gasteiger partial charge in [0.25, 0.3) is 0 Å². The summed E-state index contributed by atoms with van der Waals surface area (Å²) in [7, 11) is 4.01. The minimum Gasteiger partial charge on any atom is -0.488 e. The molecule has 2 aromatic carbocycles. The van der Waals surface area contributed by atoms with Crippen molar-refractivity contribution in [2.45, 2.75) is 38.9 Å². The van der Waals surface area contributed by atoms with Crippen LogP contribution in [0.5, 0.6) is 5.75 Å². The molecule has 1 aliphatic heterocycles. The Balaban J connectivity index is 1.57. The number of hydrogen-bond acceptors (Lipinski definition) is 8. The van der Waals surface area contributed by atoms with Gasteiger partial charge in [0.15, 0.2) is 5.82 Å². The predicted molar refractivity (Wildman–Crippen MR) is 150 cm³/mol. The number of hydrogen-bond donors (Lipinski definition) is 2. The molecule has 200 valence electrons. The highest BCUT2D eigenvalue weighted by Crippen LogP contribution is 2.39. The zero-order chi connectivity index (χ0) is 27.0. The van der Waals surface area contributed by atoms with Crippen LogP contribution in [0.4, 0.5) is 21.6 Å². The van der Waals surface area contributed by atoms with E-state index in [9.17, 15) is 5.11 Å². The average molecular weight is 519 g/mol. The molecule has 4 aromatic rings. The largest absolute Gasteiger partial charge is 0.488 e. The Labute approximate surface area is 222 Å². The fourth-order valence-corrected chi connectivity index (χ4v) is 5.19. The molecular formula is C29H35FN6O2. The highest BCUT2D eigenvalue weighted by Gasteiger charge is 2.34. The molecule has 2 aromatic heterocycles. The van der Waals surface area contributed by atoms with Crippen LogP contribution in [0.1, 0.15) is 27.2 Å². The number of benzene rings is 2. The second-order valence-corrected chi connectivity index (χ2v) is 11.0. The van der Waals surface area contributed by atoms with Crippen LogP contribution < -0.4 is 15.0 Å². The van der Waals surface area contributed by atoms with Gasteiger partial charge in [-0.25, -0.2) is 14.4 Å². The van der Waals surface area contributed by atoms with E-state index in [1.54, 1.807) is 30.5 Å². The molecule has 0 spiro atoms. The van der Waals surface area contributed by atoms with Gasteiger partial charge in [-0.2, -0.15) is 0 Å². The fourth-order valence-electron chi connectivity index (χ4n) is 5.19. The average Bonchev–Trinajstić information content (AvgIpc) is 3.37. The van der Waals surface area contributed by atoms with Gasteiger partial charge >= 0.3 is 0 Å². The molecule has 8 nitrogen and oxygen atoms in total. The Hall–Kier alpha value is -3.56. The van der Waals surface area contributed by atoms with Crippen molar-refractivity contribution in [3.05, 3.63) is 54.7 Å². The first kappa shape index (κ1) is 26.1. The van der Waals surface area contributed by atoms with E-state index in [0.717, 1.165) is 31.7 Å². The van der Waals surface area contributed by atoms with E-state index in [4.69, 9.17) is 4.74 Å². The van der Waals surface area contributed by atoms with E-state index in [2.05, 4.69) is 30.1 Å². The highest BCUT2D eigenvalue weighted by molar-refractivity contribution is 5.98. The molecule has 0 amide bonds. The lowest BCUT2D eigenvalue weighted by Gasteiger charge is -2.27. The second kappa shape index (κ2) is 10.3. The molecule has 1 saturated heterocycles. The number of fused-ring (bicyclic) bond motifs is 2. The number of ether oxygens (including phenoxy) is 1. The molecule has 38 heavy (non-hydrogen) atoms. The van der Waals surface area contributed by atoms with Gasteiger partial charge in [-0.1, -0.05) is 0 Å². The van der Waals surface area contributed by atoms with Crippen LogP contribution in [0.15, 0.2) is 48.9 Å². The zero-order valence-electron chi connectivity index (χ0n) is 22.6. The molecule has 2 N–H and O–H groups in total. The first-order valence-corrected chi connectivity index (χ1v) is 13.0. The predicted octanol–water partition coefficient (Wildman–Crippen LogP) is 4.99. The molecule has 1 fully saturated rings. The van der Waals surface area contributed by atoms with Crippen LogP contribution in [-0.2, 0) is 0 Å². The summed E-state index contributed by atoms with van der Waals surface area (Å²) in [5.41, 5.74) is 1.81. The normalized spacial score (nSPS) is 16.9. The molecule has 1 aliphatic rings. The van der Waals surface area contributed by atoms with Crippen LogP contribution in [0, 0.1) is 11.7 Å². The molecule has 0 radical (unpaired) electrons. The molecule has 1 unspecified atom stereocenters. The van der Waals surface area contributed by atoms with Gasteiger partial charge < -0.3 is 25.0 Å². The van der Waals surface area contributed by atoms with Crippen LogP contribution >= 0.6 is 0 Å². The fraction of sp³-hybridized carbons (Fsp3) is 0.414. The molecule has 2 atom stereocenters. The van der Waals surface area contributed by atoms with Gasteiger partial charge in [-0.3, -0.25) is 4.98 Å². The number of likely N-dealkylation sites (N-methyl/N-ethyl adjacent to an activating group) is 1. The van der Waals surface area contributed by atoms with Gasteiger partial charge in [0.1, 0.15) is 24.0 Å². The summed E-state index contributed by atoms with van der Waals surface area (Å²) < 4.78 is 21.9. The van der Waals surface area contributed by atoms with E-state index in [-0.39, 0.29) is 12.0 Å². The van der Waals surface area contributed by atoms with E-state index >= 15 is 4.39 Å². The molecule has 0 aliphatic carbocycles. The van der Waals surface area contributed by atoms with Gasteiger partial charge in [0.2, 0.25) is 0 Å². The number of aromatic nitrogens is 3. The monoisotopic (exact) mass is 518 g/mol. The first-order chi connectivity index (χ1) is 18.1. The summed E-state index contributed by atoms with van der Waals surface area (Å²) in [4.78, 5) is 17.6. The lowest BCUT2D eigenvalue weighted by molar-refractivity contribution is 0.0263. The number of pyridine rings is 1. The lowest BCUT2D eigenvalue weighted by atomic mass is 9.90. The quantitative estimate of drug-likeness (QED) is 0.338. The number of nitrogens with one attached hydrogen (secondary N) is 1. The smallest absolute Gasteiger partial charge is 0.156 e. The summed E-state index contributed by atoms with van der Waals surface area (Å²) >= 11 is 0. The topological polar surface area (TPSA) is 86.6 Å². The van der Waals surface area contributed by atoms with Crippen molar-refractivity contribution in [1.82, 2.24) is 19.9 Å². The number of rotatable bonds is 8. The number of halogens is 1. The van der Waals surface area contributed by atoms with Crippen molar-refractivity contribution in [3.63, 3.8) is 0 Å². The summed E-state index contributed by atoms with van der Waals surface area (Å²) in [6.45, 7) is 8.05. The van der Waals surface area contributed by atoms with Crippen molar-refractivity contribution in [3.8, 4) is 5.75 Å². The van der Waals surface area contributed by atoms with Crippen LogP contribution in [0.3, 0.4) is 0 Å². The standard InChI is InChI=1S/C29H35FN6O2/c1-18(15-35(4)5)38-25-14-20(36-12-10-19(16-36)29(2,3)37)13-24-26(25)28(33-17-32-24)34-23-9-8-22-21(27(23)30)7-6-11-31-22/h6-9,11,13-14,17-19,37H,10,12,15-16H2,1-5H3,(H,32,33,34)/t18-,19?/m1/s1. The third-order valence-electron chi connectivity index (χ3n) is 7.16. The summed E-state index contributed by atoms with van der Waals surface area (Å²) in [6, 6.07) is 10.9. The van der Waals surface area contributed by atoms with Crippen molar-refractivity contribution in [2.75, 3.05) is 43.9 Å². The van der Waals surface area contributed by atoms with E-state index < -0.39 is 11.4 Å².